The first-order valence-electron chi connectivity index (χ1n) is 6.89. The summed E-state index contributed by atoms with van der Waals surface area (Å²) in [5.41, 5.74) is 1.29. The van der Waals surface area contributed by atoms with Crippen molar-refractivity contribution in [2.45, 2.75) is 45.6 Å². The molecular weight excluding hydrogens is 296 g/mol. The number of unbranched alkanes of at least 4 members (excludes halogenated alkanes) is 1. The van der Waals surface area contributed by atoms with Gasteiger partial charge in [0.2, 0.25) is 10.0 Å². The lowest BCUT2D eigenvalue weighted by Gasteiger charge is -2.19. The molecule has 0 saturated carbocycles. The van der Waals surface area contributed by atoms with Crippen molar-refractivity contribution in [2.24, 2.45) is 0 Å². The lowest BCUT2D eigenvalue weighted by atomic mass is 10.1. The topological polar surface area (TPSA) is 58.2 Å². The van der Waals surface area contributed by atoms with E-state index in [4.69, 9.17) is 11.6 Å². The molecule has 0 amide bonds. The predicted molar refractivity (Wildman–Crippen MR) is 87.1 cm³/mol. The van der Waals surface area contributed by atoms with Gasteiger partial charge in [-0.2, -0.15) is 0 Å². The van der Waals surface area contributed by atoms with Gasteiger partial charge in [0.25, 0.3) is 0 Å². The molecule has 0 aliphatic carbocycles. The molecule has 0 fully saturated rings. The second-order valence-corrected chi connectivity index (χ2v) is 7.12. The van der Waals surface area contributed by atoms with Crippen LogP contribution in [0.2, 0.25) is 5.02 Å². The fraction of sp³-hybridized carbons (Fsp3) is 0.571. The molecule has 0 aromatic heterocycles. The highest BCUT2D eigenvalue weighted by molar-refractivity contribution is 7.92. The molecule has 20 heavy (non-hydrogen) atoms. The van der Waals surface area contributed by atoms with Crippen LogP contribution in [0.3, 0.4) is 0 Å². The molecule has 0 saturated heterocycles. The third-order valence-electron chi connectivity index (χ3n) is 3.03. The molecule has 1 atom stereocenters. The highest BCUT2D eigenvalue weighted by atomic mass is 35.5. The molecule has 0 heterocycles. The minimum absolute atomic E-state index is 0.348. The van der Waals surface area contributed by atoms with Gasteiger partial charge in [0.15, 0.2) is 0 Å². The van der Waals surface area contributed by atoms with Crippen LogP contribution < -0.4 is 10.0 Å². The van der Waals surface area contributed by atoms with E-state index in [0.717, 1.165) is 37.6 Å². The van der Waals surface area contributed by atoms with Crippen molar-refractivity contribution in [3.8, 4) is 0 Å². The zero-order valence-corrected chi connectivity index (χ0v) is 13.8. The molecule has 0 aliphatic heterocycles. The standard InChI is InChI=1S/C14H23ClN2O2S/c1-4-6-7-11(5-2)16-14-10-12(8-9-13(14)15)17-20(3,18)19/h8-11,16-17H,4-7H2,1-3H3. The molecule has 1 unspecified atom stereocenters. The van der Waals surface area contributed by atoms with Gasteiger partial charge in [-0.3, -0.25) is 4.72 Å². The van der Waals surface area contributed by atoms with E-state index in [-0.39, 0.29) is 0 Å². The van der Waals surface area contributed by atoms with Crippen molar-refractivity contribution < 1.29 is 8.42 Å². The van der Waals surface area contributed by atoms with Gasteiger partial charge in [0.05, 0.1) is 22.7 Å². The largest absolute Gasteiger partial charge is 0.381 e. The Morgan fingerprint density at radius 1 is 1.30 bits per heavy atom. The number of sulfonamides is 1. The van der Waals surface area contributed by atoms with Gasteiger partial charge in [-0.25, -0.2) is 8.42 Å². The van der Waals surface area contributed by atoms with Crippen LogP contribution in [0.25, 0.3) is 0 Å². The van der Waals surface area contributed by atoms with Crippen LogP contribution in [0, 0.1) is 0 Å². The van der Waals surface area contributed by atoms with Crippen LogP contribution >= 0.6 is 11.6 Å². The van der Waals surface area contributed by atoms with Crippen LogP contribution in [-0.4, -0.2) is 20.7 Å². The Kier molecular flexibility index (Phi) is 6.62. The number of halogens is 1. The third kappa shape index (κ3) is 6.01. The third-order valence-corrected chi connectivity index (χ3v) is 3.96. The molecule has 0 spiro atoms. The summed E-state index contributed by atoms with van der Waals surface area (Å²) < 4.78 is 25.0. The van der Waals surface area contributed by atoms with Crippen LogP contribution in [0.5, 0.6) is 0 Å². The summed E-state index contributed by atoms with van der Waals surface area (Å²) in [6, 6.07) is 5.43. The summed E-state index contributed by atoms with van der Waals surface area (Å²) in [5.74, 6) is 0. The maximum Gasteiger partial charge on any atom is 0.229 e. The SMILES string of the molecule is CCCCC(CC)Nc1cc(NS(C)(=O)=O)ccc1Cl. The van der Waals surface area contributed by atoms with Crippen molar-refractivity contribution in [3.05, 3.63) is 23.2 Å². The smallest absolute Gasteiger partial charge is 0.229 e. The molecule has 1 rings (SSSR count). The molecule has 0 aliphatic rings. The van der Waals surface area contributed by atoms with Gasteiger partial charge >= 0.3 is 0 Å². The lowest BCUT2D eigenvalue weighted by molar-refractivity contribution is 0.593. The molecule has 114 valence electrons. The number of hydrogen-bond donors (Lipinski definition) is 2. The zero-order chi connectivity index (χ0) is 15.2. The molecule has 4 nitrogen and oxygen atoms in total. The minimum Gasteiger partial charge on any atom is -0.381 e. The first-order valence-corrected chi connectivity index (χ1v) is 9.16. The van der Waals surface area contributed by atoms with Crippen molar-refractivity contribution >= 4 is 33.0 Å². The van der Waals surface area contributed by atoms with Gasteiger partial charge in [-0.15, -0.1) is 0 Å². The van der Waals surface area contributed by atoms with Gasteiger partial charge in [0.1, 0.15) is 0 Å². The van der Waals surface area contributed by atoms with E-state index in [0.29, 0.717) is 16.8 Å². The fourth-order valence-electron chi connectivity index (χ4n) is 1.96. The van der Waals surface area contributed by atoms with Gasteiger partial charge < -0.3 is 5.32 Å². The molecular formula is C14H23ClN2O2S. The summed E-state index contributed by atoms with van der Waals surface area (Å²) in [5, 5.41) is 3.99. The van der Waals surface area contributed by atoms with E-state index in [9.17, 15) is 8.42 Å². The summed E-state index contributed by atoms with van der Waals surface area (Å²) >= 11 is 6.16. The van der Waals surface area contributed by atoms with Crippen LogP contribution in [0.1, 0.15) is 39.5 Å². The number of benzene rings is 1. The number of hydrogen-bond acceptors (Lipinski definition) is 3. The van der Waals surface area contributed by atoms with Crippen LogP contribution in [-0.2, 0) is 10.0 Å². The Balaban J connectivity index is 2.85. The number of anilines is 2. The predicted octanol–water partition coefficient (Wildman–Crippen LogP) is 4.09. The number of rotatable bonds is 8. The molecule has 0 radical (unpaired) electrons. The summed E-state index contributed by atoms with van der Waals surface area (Å²) in [4.78, 5) is 0. The van der Waals surface area contributed by atoms with E-state index in [1.165, 1.54) is 0 Å². The van der Waals surface area contributed by atoms with E-state index in [1.807, 2.05) is 0 Å². The average molecular weight is 319 g/mol. The van der Waals surface area contributed by atoms with E-state index < -0.39 is 10.0 Å². The summed E-state index contributed by atoms with van der Waals surface area (Å²) in [7, 11) is -3.28. The van der Waals surface area contributed by atoms with Crippen molar-refractivity contribution in [1.29, 1.82) is 0 Å². The highest BCUT2D eigenvalue weighted by Gasteiger charge is 2.10. The molecule has 1 aromatic rings. The van der Waals surface area contributed by atoms with Crippen LogP contribution in [0.15, 0.2) is 18.2 Å². The Morgan fingerprint density at radius 3 is 2.55 bits per heavy atom. The lowest BCUT2D eigenvalue weighted by Crippen LogP contribution is -2.18. The molecule has 6 heteroatoms. The summed E-state index contributed by atoms with van der Waals surface area (Å²) in [6.45, 7) is 4.29. The van der Waals surface area contributed by atoms with Crippen LogP contribution in [0.4, 0.5) is 11.4 Å². The molecule has 1 aromatic carbocycles. The Labute approximate surface area is 127 Å². The monoisotopic (exact) mass is 318 g/mol. The molecule has 2 N–H and O–H groups in total. The Hall–Kier alpha value is -0.940. The maximum atomic E-state index is 11.3. The second-order valence-electron chi connectivity index (χ2n) is 4.96. The highest BCUT2D eigenvalue weighted by Crippen LogP contribution is 2.27. The molecule has 0 bridgehead atoms. The van der Waals surface area contributed by atoms with E-state index in [2.05, 4.69) is 23.9 Å². The van der Waals surface area contributed by atoms with Crippen molar-refractivity contribution in [1.82, 2.24) is 0 Å². The van der Waals surface area contributed by atoms with E-state index in [1.54, 1.807) is 18.2 Å². The quantitative estimate of drug-likeness (QED) is 0.759. The average Bonchev–Trinajstić information content (AvgIpc) is 2.36. The zero-order valence-electron chi connectivity index (χ0n) is 12.2. The Morgan fingerprint density at radius 2 is 2.00 bits per heavy atom. The van der Waals surface area contributed by atoms with Gasteiger partial charge in [-0.05, 0) is 31.0 Å². The fourth-order valence-corrected chi connectivity index (χ4v) is 2.69. The normalized spacial score (nSPS) is 13.0. The second kappa shape index (κ2) is 7.74. The summed E-state index contributed by atoms with van der Waals surface area (Å²) in [6.07, 6.45) is 5.52. The Bertz CT molecular complexity index is 532. The first kappa shape index (κ1) is 17.1. The van der Waals surface area contributed by atoms with Crippen molar-refractivity contribution in [3.63, 3.8) is 0 Å². The van der Waals surface area contributed by atoms with Gasteiger partial charge in [-0.1, -0.05) is 38.3 Å². The van der Waals surface area contributed by atoms with E-state index >= 15 is 0 Å². The number of nitrogens with one attached hydrogen (secondary N) is 2. The first-order chi connectivity index (χ1) is 9.35. The maximum absolute atomic E-state index is 11.3. The van der Waals surface area contributed by atoms with Crippen molar-refractivity contribution in [2.75, 3.05) is 16.3 Å². The van der Waals surface area contributed by atoms with Gasteiger partial charge in [0, 0.05) is 6.04 Å². The minimum atomic E-state index is -3.28.